The van der Waals surface area contributed by atoms with Crippen LogP contribution in [-0.2, 0) is 14.3 Å². The molecular weight excluding hydrogens is 272 g/mol. The Bertz CT molecular complexity index is 394. The lowest BCUT2D eigenvalue weighted by Gasteiger charge is -2.39. The highest BCUT2D eigenvalue weighted by molar-refractivity contribution is 5.78. The van der Waals surface area contributed by atoms with Crippen molar-refractivity contribution in [2.75, 3.05) is 19.7 Å². The first-order valence-electron chi connectivity index (χ1n) is 7.98. The van der Waals surface area contributed by atoms with Gasteiger partial charge in [0.15, 0.2) is 0 Å². The average Bonchev–Trinajstić information content (AvgIpc) is 2.71. The lowest BCUT2D eigenvalue weighted by molar-refractivity contribution is -0.141. The van der Waals surface area contributed by atoms with Crippen molar-refractivity contribution in [1.29, 1.82) is 0 Å². The van der Waals surface area contributed by atoms with Crippen LogP contribution >= 0.6 is 0 Å². The van der Waals surface area contributed by atoms with E-state index in [1.54, 1.807) is 0 Å². The number of nitrogens with zero attached hydrogens (tertiary/aromatic N) is 1. The third-order valence-electron chi connectivity index (χ3n) is 4.99. The summed E-state index contributed by atoms with van der Waals surface area (Å²) in [5, 5.41) is 12.2. The van der Waals surface area contributed by atoms with Crippen LogP contribution in [0, 0.1) is 5.92 Å². The van der Waals surface area contributed by atoms with Gasteiger partial charge in [0.25, 0.3) is 0 Å². The summed E-state index contributed by atoms with van der Waals surface area (Å²) in [5.41, 5.74) is 0. The van der Waals surface area contributed by atoms with Crippen molar-refractivity contribution in [3.8, 4) is 0 Å². The van der Waals surface area contributed by atoms with Gasteiger partial charge in [0.05, 0.1) is 19.1 Å². The van der Waals surface area contributed by atoms with Crippen molar-refractivity contribution >= 4 is 11.9 Å². The second kappa shape index (κ2) is 6.32. The fourth-order valence-corrected chi connectivity index (χ4v) is 4.16. The van der Waals surface area contributed by atoms with Crippen molar-refractivity contribution in [1.82, 2.24) is 10.2 Å². The lowest BCUT2D eigenvalue weighted by atomic mass is 9.88. The predicted molar refractivity (Wildman–Crippen MR) is 75.9 cm³/mol. The summed E-state index contributed by atoms with van der Waals surface area (Å²) < 4.78 is 5.62. The molecule has 3 aliphatic heterocycles. The highest BCUT2D eigenvalue weighted by Gasteiger charge is 2.43. The Hall–Kier alpha value is -1.14. The van der Waals surface area contributed by atoms with Gasteiger partial charge < -0.3 is 20.1 Å². The van der Waals surface area contributed by atoms with Gasteiger partial charge >= 0.3 is 5.97 Å². The zero-order valence-corrected chi connectivity index (χ0v) is 12.3. The van der Waals surface area contributed by atoms with Gasteiger partial charge in [0, 0.05) is 31.6 Å². The first-order chi connectivity index (χ1) is 10.1. The molecular formula is C15H24N2O4. The minimum absolute atomic E-state index is 0.0117. The number of fused-ring (bicyclic) bond motifs is 2. The summed E-state index contributed by atoms with van der Waals surface area (Å²) in [6, 6.07) is 0.495. The van der Waals surface area contributed by atoms with Crippen LogP contribution in [0.15, 0.2) is 0 Å². The highest BCUT2D eigenvalue weighted by atomic mass is 16.5. The smallest absolute Gasteiger partial charge is 0.303 e. The SMILES string of the molecule is O=C(O)CC1CC2CCC(C1)N2C(=O)CC1CNCCO1. The Morgan fingerprint density at radius 3 is 2.48 bits per heavy atom. The van der Waals surface area contributed by atoms with Crippen LogP contribution in [0.25, 0.3) is 0 Å². The normalized spacial score (nSPS) is 35.7. The van der Waals surface area contributed by atoms with E-state index in [0.29, 0.717) is 13.0 Å². The summed E-state index contributed by atoms with van der Waals surface area (Å²) in [6.07, 6.45) is 4.42. The van der Waals surface area contributed by atoms with Crippen LogP contribution in [-0.4, -0.2) is 59.8 Å². The molecule has 3 saturated heterocycles. The third-order valence-corrected chi connectivity index (χ3v) is 4.99. The molecule has 3 heterocycles. The number of carbonyl (C=O) groups excluding carboxylic acids is 1. The molecule has 3 fully saturated rings. The Morgan fingerprint density at radius 1 is 1.19 bits per heavy atom. The zero-order chi connectivity index (χ0) is 14.8. The minimum Gasteiger partial charge on any atom is -0.481 e. The van der Waals surface area contributed by atoms with Crippen LogP contribution in [0.4, 0.5) is 0 Å². The van der Waals surface area contributed by atoms with E-state index in [-0.39, 0.29) is 36.4 Å². The molecule has 2 bridgehead atoms. The van der Waals surface area contributed by atoms with Crippen LogP contribution in [0.2, 0.25) is 0 Å². The number of amides is 1. The quantitative estimate of drug-likeness (QED) is 0.794. The van der Waals surface area contributed by atoms with Crippen LogP contribution < -0.4 is 5.32 Å². The Morgan fingerprint density at radius 2 is 1.90 bits per heavy atom. The molecule has 3 atom stereocenters. The van der Waals surface area contributed by atoms with E-state index in [0.717, 1.165) is 38.8 Å². The molecule has 6 heteroatoms. The molecule has 21 heavy (non-hydrogen) atoms. The maximum Gasteiger partial charge on any atom is 0.303 e. The average molecular weight is 296 g/mol. The molecule has 6 nitrogen and oxygen atoms in total. The number of rotatable bonds is 4. The Kier molecular flexibility index (Phi) is 4.45. The molecule has 0 aliphatic carbocycles. The largest absolute Gasteiger partial charge is 0.481 e. The summed E-state index contributed by atoms with van der Waals surface area (Å²) in [7, 11) is 0. The van der Waals surface area contributed by atoms with E-state index in [1.165, 1.54) is 0 Å². The molecule has 0 radical (unpaired) electrons. The Labute approximate surface area is 124 Å². The van der Waals surface area contributed by atoms with Crippen molar-refractivity contribution in [2.24, 2.45) is 5.92 Å². The fraction of sp³-hybridized carbons (Fsp3) is 0.867. The number of aliphatic carboxylic acids is 1. The van der Waals surface area contributed by atoms with E-state index in [1.807, 2.05) is 4.90 Å². The van der Waals surface area contributed by atoms with Gasteiger partial charge in [-0.3, -0.25) is 9.59 Å². The summed E-state index contributed by atoms with van der Waals surface area (Å²) >= 11 is 0. The van der Waals surface area contributed by atoms with E-state index >= 15 is 0 Å². The molecule has 118 valence electrons. The highest BCUT2D eigenvalue weighted by Crippen LogP contribution is 2.40. The number of nitrogens with one attached hydrogen (secondary N) is 1. The summed E-state index contributed by atoms with van der Waals surface area (Å²) in [6.45, 7) is 2.28. The molecule has 0 aromatic heterocycles. The predicted octanol–water partition coefficient (Wildman–Crippen LogP) is 0.609. The topological polar surface area (TPSA) is 78.9 Å². The number of hydrogen-bond donors (Lipinski definition) is 2. The number of morpholine rings is 1. The number of piperidine rings is 1. The van der Waals surface area contributed by atoms with Gasteiger partial charge in [0.1, 0.15) is 0 Å². The molecule has 3 unspecified atom stereocenters. The lowest BCUT2D eigenvalue weighted by Crippen LogP contribution is -2.49. The molecule has 3 aliphatic rings. The molecule has 3 rings (SSSR count). The second-order valence-electron chi connectivity index (χ2n) is 6.52. The third kappa shape index (κ3) is 3.37. The van der Waals surface area contributed by atoms with E-state index in [9.17, 15) is 9.59 Å². The second-order valence-corrected chi connectivity index (χ2v) is 6.52. The van der Waals surface area contributed by atoms with E-state index in [2.05, 4.69) is 5.32 Å². The Balaban J connectivity index is 1.56. The zero-order valence-electron chi connectivity index (χ0n) is 12.3. The molecule has 1 amide bonds. The minimum atomic E-state index is -0.721. The van der Waals surface area contributed by atoms with Gasteiger partial charge in [-0.15, -0.1) is 0 Å². The van der Waals surface area contributed by atoms with Crippen molar-refractivity contribution in [2.45, 2.75) is 56.7 Å². The number of carbonyl (C=O) groups is 2. The molecule has 0 aromatic rings. The summed E-state index contributed by atoms with van der Waals surface area (Å²) in [5.74, 6) is -0.303. The first-order valence-corrected chi connectivity index (χ1v) is 7.98. The van der Waals surface area contributed by atoms with Crippen LogP contribution in [0.1, 0.15) is 38.5 Å². The standard InChI is InChI=1S/C15H24N2O4/c18-14(8-13-9-16-3-4-21-13)17-11-1-2-12(17)6-10(5-11)7-15(19)20/h10-13,16H,1-9H2,(H,19,20). The molecule has 0 spiro atoms. The monoisotopic (exact) mass is 296 g/mol. The van der Waals surface area contributed by atoms with Crippen LogP contribution in [0.3, 0.4) is 0 Å². The van der Waals surface area contributed by atoms with Gasteiger partial charge in [-0.2, -0.15) is 0 Å². The number of ether oxygens (including phenoxy) is 1. The van der Waals surface area contributed by atoms with Crippen molar-refractivity contribution in [3.63, 3.8) is 0 Å². The van der Waals surface area contributed by atoms with Crippen LogP contribution in [0.5, 0.6) is 0 Å². The number of carboxylic acids is 1. The van der Waals surface area contributed by atoms with Gasteiger partial charge in [0.2, 0.25) is 5.91 Å². The van der Waals surface area contributed by atoms with Gasteiger partial charge in [-0.05, 0) is 31.6 Å². The van der Waals surface area contributed by atoms with E-state index in [4.69, 9.17) is 9.84 Å². The number of hydrogen-bond acceptors (Lipinski definition) is 4. The van der Waals surface area contributed by atoms with E-state index < -0.39 is 5.97 Å². The molecule has 0 aromatic carbocycles. The molecule has 2 N–H and O–H groups in total. The van der Waals surface area contributed by atoms with Crippen molar-refractivity contribution < 1.29 is 19.4 Å². The fourth-order valence-electron chi connectivity index (χ4n) is 4.16. The van der Waals surface area contributed by atoms with Crippen molar-refractivity contribution in [3.05, 3.63) is 0 Å². The maximum atomic E-state index is 12.6. The molecule has 0 saturated carbocycles. The van der Waals surface area contributed by atoms with Gasteiger partial charge in [-0.25, -0.2) is 0 Å². The summed E-state index contributed by atoms with van der Waals surface area (Å²) in [4.78, 5) is 25.5. The van der Waals surface area contributed by atoms with Gasteiger partial charge in [-0.1, -0.05) is 0 Å². The first kappa shape index (κ1) is 14.8. The maximum absolute atomic E-state index is 12.6. The number of carboxylic acid groups (broad SMARTS) is 1.